The fourth-order valence-electron chi connectivity index (χ4n) is 1.30. The maximum atomic E-state index is 5.60. The number of rotatable bonds is 3. The molecule has 2 rings (SSSR count). The predicted octanol–water partition coefficient (Wildman–Crippen LogP) is 3.73. The van der Waals surface area contributed by atoms with Crippen molar-refractivity contribution in [3.63, 3.8) is 0 Å². The molecule has 16 heavy (non-hydrogen) atoms. The van der Waals surface area contributed by atoms with Gasteiger partial charge in [-0.05, 0) is 40.5 Å². The number of hydrogen-bond acceptors (Lipinski definition) is 2. The van der Waals surface area contributed by atoms with Gasteiger partial charge >= 0.3 is 0 Å². The van der Waals surface area contributed by atoms with Gasteiger partial charge in [-0.2, -0.15) is 0 Å². The molecule has 0 saturated carbocycles. The lowest BCUT2D eigenvalue weighted by molar-refractivity contribution is 0.305. The Balaban J connectivity index is 1.97. The SMILES string of the molecule is Cc1ccc(COc2ccc(Br)nc2)cc1. The Labute approximate surface area is 103 Å². The summed E-state index contributed by atoms with van der Waals surface area (Å²) in [6.45, 7) is 2.65. The molecule has 1 aromatic carbocycles. The Morgan fingerprint density at radius 3 is 2.50 bits per heavy atom. The molecule has 0 radical (unpaired) electrons. The molecule has 0 saturated heterocycles. The van der Waals surface area contributed by atoms with E-state index < -0.39 is 0 Å². The number of halogens is 1. The van der Waals surface area contributed by atoms with Crippen LogP contribution in [0, 0.1) is 6.92 Å². The van der Waals surface area contributed by atoms with Crippen LogP contribution in [-0.4, -0.2) is 4.98 Å². The van der Waals surface area contributed by atoms with Crippen molar-refractivity contribution in [2.75, 3.05) is 0 Å². The quantitative estimate of drug-likeness (QED) is 0.798. The molecule has 3 heteroatoms. The summed E-state index contributed by atoms with van der Waals surface area (Å²) in [6, 6.07) is 12.1. The maximum absolute atomic E-state index is 5.60. The monoisotopic (exact) mass is 277 g/mol. The van der Waals surface area contributed by atoms with Gasteiger partial charge in [0.1, 0.15) is 17.0 Å². The fraction of sp³-hybridized carbons (Fsp3) is 0.154. The molecule has 0 spiro atoms. The van der Waals surface area contributed by atoms with Gasteiger partial charge in [0.15, 0.2) is 0 Å². The molecule has 0 aliphatic heterocycles. The minimum Gasteiger partial charge on any atom is -0.487 e. The number of hydrogen-bond donors (Lipinski definition) is 0. The van der Waals surface area contributed by atoms with E-state index in [1.807, 2.05) is 12.1 Å². The van der Waals surface area contributed by atoms with Crippen molar-refractivity contribution < 1.29 is 4.74 Å². The lowest BCUT2D eigenvalue weighted by Crippen LogP contribution is -1.95. The van der Waals surface area contributed by atoms with Crippen LogP contribution in [0.5, 0.6) is 5.75 Å². The number of benzene rings is 1. The third-order valence-corrected chi connectivity index (χ3v) is 2.70. The first-order valence-corrected chi connectivity index (χ1v) is 5.83. The molecule has 82 valence electrons. The normalized spacial score (nSPS) is 10.1. The smallest absolute Gasteiger partial charge is 0.138 e. The topological polar surface area (TPSA) is 22.1 Å². The highest BCUT2D eigenvalue weighted by Gasteiger charge is 1.96. The van der Waals surface area contributed by atoms with E-state index in [1.165, 1.54) is 5.56 Å². The summed E-state index contributed by atoms with van der Waals surface area (Å²) >= 11 is 3.28. The van der Waals surface area contributed by atoms with E-state index in [0.29, 0.717) is 6.61 Å². The Hall–Kier alpha value is -1.35. The molecular weight excluding hydrogens is 266 g/mol. The number of pyridine rings is 1. The van der Waals surface area contributed by atoms with Gasteiger partial charge < -0.3 is 4.74 Å². The molecule has 0 fully saturated rings. The van der Waals surface area contributed by atoms with E-state index in [2.05, 4.69) is 52.1 Å². The minimum atomic E-state index is 0.573. The van der Waals surface area contributed by atoms with Crippen molar-refractivity contribution in [2.45, 2.75) is 13.5 Å². The molecular formula is C13H12BrNO. The lowest BCUT2D eigenvalue weighted by atomic mass is 10.2. The highest BCUT2D eigenvalue weighted by molar-refractivity contribution is 9.10. The highest BCUT2D eigenvalue weighted by atomic mass is 79.9. The third kappa shape index (κ3) is 3.07. The second-order valence-corrected chi connectivity index (χ2v) is 4.40. The number of aryl methyl sites for hydroxylation is 1. The van der Waals surface area contributed by atoms with Gasteiger partial charge in [-0.1, -0.05) is 29.8 Å². The Morgan fingerprint density at radius 1 is 1.12 bits per heavy atom. The van der Waals surface area contributed by atoms with Crippen molar-refractivity contribution in [3.8, 4) is 5.75 Å². The van der Waals surface area contributed by atoms with Crippen molar-refractivity contribution in [1.82, 2.24) is 4.98 Å². The van der Waals surface area contributed by atoms with Crippen LogP contribution >= 0.6 is 15.9 Å². The van der Waals surface area contributed by atoms with Gasteiger partial charge in [0.2, 0.25) is 0 Å². The summed E-state index contributed by atoms with van der Waals surface area (Å²) in [4.78, 5) is 4.10. The average molecular weight is 278 g/mol. The number of aromatic nitrogens is 1. The van der Waals surface area contributed by atoms with E-state index in [-0.39, 0.29) is 0 Å². The summed E-state index contributed by atoms with van der Waals surface area (Å²) in [5, 5.41) is 0. The Morgan fingerprint density at radius 2 is 1.88 bits per heavy atom. The summed E-state index contributed by atoms with van der Waals surface area (Å²) in [6.07, 6.45) is 1.71. The second-order valence-electron chi connectivity index (χ2n) is 3.59. The first-order valence-electron chi connectivity index (χ1n) is 5.04. The van der Waals surface area contributed by atoms with Gasteiger partial charge in [0.25, 0.3) is 0 Å². The summed E-state index contributed by atoms with van der Waals surface area (Å²) < 4.78 is 6.42. The summed E-state index contributed by atoms with van der Waals surface area (Å²) in [7, 11) is 0. The molecule has 2 nitrogen and oxygen atoms in total. The molecule has 1 heterocycles. The van der Waals surface area contributed by atoms with Crippen LogP contribution in [0.4, 0.5) is 0 Å². The van der Waals surface area contributed by atoms with Gasteiger partial charge in [-0.3, -0.25) is 0 Å². The molecule has 2 aromatic rings. The molecule has 0 unspecified atom stereocenters. The van der Waals surface area contributed by atoms with Crippen LogP contribution in [0.3, 0.4) is 0 Å². The van der Waals surface area contributed by atoms with E-state index >= 15 is 0 Å². The Kier molecular flexibility index (Phi) is 3.57. The number of nitrogens with zero attached hydrogens (tertiary/aromatic N) is 1. The van der Waals surface area contributed by atoms with Crippen LogP contribution in [0.25, 0.3) is 0 Å². The molecule has 0 atom stereocenters. The highest BCUT2D eigenvalue weighted by Crippen LogP contribution is 2.14. The van der Waals surface area contributed by atoms with Gasteiger partial charge in [-0.15, -0.1) is 0 Å². The third-order valence-electron chi connectivity index (χ3n) is 2.23. The van der Waals surface area contributed by atoms with Crippen molar-refractivity contribution in [1.29, 1.82) is 0 Å². The first kappa shape index (κ1) is 11.1. The molecule has 0 amide bonds. The molecule has 0 aliphatic carbocycles. The van der Waals surface area contributed by atoms with Crippen LogP contribution in [0.1, 0.15) is 11.1 Å². The van der Waals surface area contributed by atoms with Crippen LogP contribution in [0.15, 0.2) is 47.2 Å². The van der Waals surface area contributed by atoms with Crippen molar-refractivity contribution in [3.05, 3.63) is 58.3 Å². The number of ether oxygens (including phenoxy) is 1. The largest absolute Gasteiger partial charge is 0.487 e. The van der Waals surface area contributed by atoms with E-state index in [1.54, 1.807) is 6.20 Å². The van der Waals surface area contributed by atoms with E-state index in [9.17, 15) is 0 Å². The zero-order valence-corrected chi connectivity index (χ0v) is 10.6. The molecule has 1 aromatic heterocycles. The minimum absolute atomic E-state index is 0.573. The lowest BCUT2D eigenvalue weighted by Gasteiger charge is -2.05. The summed E-state index contributed by atoms with van der Waals surface area (Å²) in [5.41, 5.74) is 2.42. The van der Waals surface area contributed by atoms with E-state index in [4.69, 9.17) is 4.74 Å². The van der Waals surface area contributed by atoms with Crippen molar-refractivity contribution >= 4 is 15.9 Å². The predicted molar refractivity (Wildman–Crippen MR) is 67.4 cm³/mol. The Bertz CT molecular complexity index is 405. The standard InChI is InChI=1S/C13H12BrNO/c1-10-2-4-11(5-3-10)9-16-12-6-7-13(14)15-8-12/h2-8H,9H2,1H3. The maximum Gasteiger partial charge on any atom is 0.138 e. The van der Waals surface area contributed by atoms with Gasteiger partial charge in [0.05, 0.1) is 6.20 Å². The van der Waals surface area contributed by atoms with Crippen LogP contribution in [-0.2, 0) is 6.61 Å². The average Bonchev–Trinajstić information content (AvgIpc) is 2.30. The van der Waals surface area contributed by atoms with Gasteiger partial charge in [0, 0.05) is 0 Å². The fourth-order valence-corrected chi connectivity index (χ4v) is 1.53. The zero-order chi connectivity index (χ0) is 11.4. The van der Waals surface area contributed by atoms with E-state index in [0.717, 1.165) is 15.9 Å². The van der Waals surface area contributed by atoms with Crippen molar-refractivity contribution in [2.24, 2.45) is 0 Å². The molecule has 0 N–H and O–H groups in total. The summed E-state index contributed by atoms with van der Waals surface area (Å²) in [5.74, 6) is 0.781. The second kappa shape index (κ2) is 5.12. The molecule has 0 aliphatic rings. The zero-order valence-electron chi connectivity index (χ0n) is 8.98. The van der Waals surface area contributed by atoms with Crippen LogP contribution < -0.4 is 4.74 Å². The molecule has 0 bridgehead atoms. The first-order chi connectivity index (χ1) is 7.74. The van der Waals surface area contributed by atoms with Crippen LogP contribution in [0.2, 0.25) is 0 Å². The van der Waals surface area contributed by atoms with Gasteiger partial charge in [-0.25, -0.2) is 4.98 Å².